The zero-order valence-electron chi connectivity index (χ0n) is 12.0. The second-order valence-electron chi connectivity index (χ2n) is 5.69. The minimum Gasteiger partial charge on any atom is -0.399 e. The number of anilines is 2. The molecule has 0 atom stereocenters. The Morgan fingerprint density at radius 3 is 2.67 bits per heavy atom. The molecule has 6 heteroatoms. The number of hydrogen-bond donors (Lipinski definition) is 2. The molecule has 0 aromatic heterocycles. The molecule has 1 saturated carbocycles. The standard InChI is InChI=1S/C15H22N2O3S/c16-13-6-3-7-14(10-13)17-15(18)8-9-21(19,20)11-12-4-1-2-5-12/h3,6-7,10,12H,1-2,4-5,8-9,11,16H2,(H,17,18). The Morgan fingerprint density at radius 1 is 1.29 bits per heavy atom. The first-order chi connectivity index (χ1) is 9.94. The van der Waals surface area contributed by atoms with Crippen molar-refractivity contribution in [3.63, 3.8) is 0 Å². The van der Waals surface area contributed by atoms with Crippen LogP contribution in [0.25, 0.3) is 0 Å². The van der Waals surface area contributed by atoms with E-state index in [1.54, 1.807) is 24.3 Å². The van der Waals surface area contributed by atoms with E-state index in [0.717, 1.165) is 25.7 Å². The van der Waals surface area contributed by atoms with Crippen molar-refractivity contribution in [3.8, 4) is 0 Å². The first-order valence-electron chi connectivity index (χ1n) is 7.30. The molecule has 0 saturated heterocycles. The summed E-state index contributed by atoms with van der Waals surface area (Å²) in [5.74, 6) is 0.124. The van der Waals surface area contributed by atoms with Crippen molar-refractivity contribution in [3.05, 3.63) is 24.3 Å². The maximum atomic E-state index is 12.0. The van der Waals surface area contributed by atoms with Crippen molar-refractivity contribution in [1.29, 1.82) is 0 Å². The molecular weight excluding hydrogens is 288 g/mol. The Hall–Kier alpha value is -1.56. The summed E-state index contributed by atoms with van der Waals surface area (Å²) in [5, 5.41) is 2.67. The highest BCUT2D eigenvalue weighted by Gasteiger charge is 2.23. The van der Waals surface area contributed by atoms with Gasteiger partial charge in [0.25, 0.3) is 0 Å². The van der Waals surface area contributed by atoms with Gasteiger partial charge in [0.05, 0.1) is 11.5 Å². The van der Waals surface area contributed by atoms with E-state index in [2.05, 4.69) is 5.32 Å². The minimum atomic E-state index is -3.15. The molecule has 0 heterocycles. The van der Waals surface area contributed by atoms with E-state index in [-0.39, 0.29) is 29.8 Å². The van der Waals surface area contributed by atoms with Crippen LogP contribution in [0.2, 0.25) is 0 Å². The van der Waals surface area contributed by atoms with Crippen molar-refractivity contribution in [2.45, 2.75) is 32.1 Å². The Labute approximate surface area is 125 Å². The molecule has 3 N–H and O–H groups in total. The van der Waals surface area contributed by atoms with Gasteiger partial charge in [0.1, 0.15) is 0 Å². The van der Waals surface area contributed by atoms with E-state index in [9.17, 15) is 13.2 Å². The van der Waals surface area contributed by atoms with Crippen LogP contribution < -0.4 is 11.1 Å². The van der Waals surface area contributed by atoms with Gasteiger partial charge in [-0.1, -0.05) is 18.9 Å². The Morgan fingerprint density at radius 2 is 2.00 bits per heavy atom. The SMILES string of the molecule is Nc1cccc(NC(=O)CCS(=O)(=O)CC2CCCC2)c1. The molecule has 0 bridgehead atoms. The van der Waals surface area contributed by atoms with Crippen LogP contribution >= 0.6 is 0 Å². The van der Waals surface area contributed by atoms with Gasteiger partial charge in [0, 0.05) is 17.8 Å². The number of hydrogen-bond acceptors (Lipinski definition) is 4. The topological polar surface area (TPSA) is 89.3 Å². The van der Waals surface area contributed by atoms with Gasteiger partial charge in [-0.05, 0) is 37.0 Å². The van der Waals surface area contributed by atoms with Gasteiger partial charge in [0.2, 0.25) is 5.91 Å². The van der Waals surface area contributed by atoms with Crippen molar-refractivity contribution in [2.75, 3.05) is 22.6 Å². The molecule has 1 aromatic rings. The number of carbonyl (C=O) groups excluding carboxylic acids is 1. The Kier molecular flexibility index (Phi) is 5.22. The van der Waals surface area contributed by atoms with Crippen molar-refractivity contribution in [2.24, 2.45) is 5.92 Å². The Bertz CT molecular complexity index is 593. The van der Waals surface area contributed by atoms with Gasteiger partial charge in [-0.3, -0.25) is 4.79 Å². The molecule has 5 nitrogen and oxygen atoms in total. The summed E-state index contributed by atoms with van der Waals surface area (Å²) in [6, 6.07) is 6.83. The third-order valence-electron chi connectivity index (χ3n) is 3.77. The third-order valence-corrected chi connectivity index (χ3v) is 5.58. The monoisotopic (exact) mass is 310 g/mol. The van der Waals surface area contributed by atoms with E-state index in [0.29, 0.717) is 11.4 Å². The summed E-state index contributed by atoms with van der Waals surface area (Å²) in [6.07, 6.45) is 4.22. The van der Waals surface area contributed by atoms with Crippen molar-refractivity contribution in [1.82, 2.24) is 0 Å². The number of sulfone groups is 1. The van der Waals surface area contributed by atoms with E-state index < -0.39 is 9.84 Å². The lowest BCUT2D eigenvalue weighted by Crippen LogP contribution is -2.21. The maximum Gasteiger partial charge on any atom is 0.225 e. The van der Waals surface area contributed by atoms with Gasteiger partial charge >= 0.3 is 0 Å². The maximum absolute atomic E-state index is 12.0. The van der Waals surface area contributed by atoms with Crippen LogP contribution in [0.4, 0.5) is 11.4 Å². The Balaban J connectivity index is 1.80. The number of nitrogens with two attached hydrogens (primary N) is 1. The average molecular weight is 310 g/mol. The fourth-order valence-corrected chi connectivity index (χ4v) is 4.42. The van der Waals surface area contributed by atoms with Crippen LogP contribution in [-0.4, -0.2) is 25.8 Å². The summed E-state index contributed by atoms with van der Waals surface area (Å²) in [5.41, 5.74) is 6.77. The summed E-state index contributed by atoms with van der Waals surface area (Å²) >= 11 is 0. The average Bonchev–Trinajstić information content (AvgIpc) is 2.89. The van der Waals surface area contributed by atoms with E-state index >= 15 is 0 Å². The normalized spacial score (nSPS) is 16.0. The van der Waals surface area contributed by atoms with Crippen LogP contribution in [0.15, 0.2) is 24.3 Å². The fourth-order valence-electron chi connectivity index (χ4n) is 2.71. The first kappa shape index (κ1) is 15.8. The van der Waals surface area contributed by atoms with Crippen LogP contribution in [0, 0.1) is 5.92 Å². The van der Waals surface area contributed by atoms with E-state index in [1.807, 2.05) is 0 Å². The molecule has 0 radical (unpaired) electrons. The van der Waals surface area contributed by atoms with E-state index in [1.165, 1.54) is 0 Å². The van der Waals surface area contributed by atoms with Gasteiger partial charge in [-0.25, -0.2) is 8.42 Å². The van der Waals surface area contributed by atoms with Crippen LogP contribution in [0.5, 0.6) is 0 Å². The number of rotatable bonds is 6. The number of carbonyl (C=O) groups is 1. The van der Waals surface area contributed by atoms with Crippen LogP contribution in [-0.2, 0) is 14.6 Å². The number of nitrogens with one attached hydrogen (secondary N) is 1. The molecule has 2 rings (SSSR count). The third kappa shape index (κ3) is 5.38. The van der Waals surface area contributed by atoms with Gasteiger partial charge in [-0.2, -0.15) is 0 Å². The molecule has 21 heavy (non-hydrogen) atoms. The second kappa shape index (κ2) is 6.93. The first-order valence-corrected chi connectivity index (χ1v) is 9.12. The van der Waals surface area contributed by atoms with Crippen molar-refractivity contribution < 1.29 is 13.2 Å². The van der Waals surface area contributed by atoms with Crippen LogP contribution in [0.3, 0.4) is 0 Å². The molecule has 1 amide bonds. The zero-order chi connectivity index (χ0) is 15.3. The highest BCUT2D eigenvalue weighted by molar-refractivity contribution is 7.91. The van der Waals surface area contributed by atoms with Gasteiger partial charge in [0.15, 0.2) is 9.84 Å². The van der Waals surface area contributed by atoms with E-state index in [4.69, 9.17) is 5.73 Å². The highest BCUT2D eigenvalue weighted by atomic mass is 32.2. The lowest BCUT2D eigenvalue weighted by atomic mass is 10.1. The molecule has 0 unspecified atom stereocenters. The number of nitrogen functional groups attached to an aromatic ring is 1. The molecule has 116 valence electrons. The molecule has 1 aliphatic carbocycles. The molecule has 0 spiro atoms. The molecular formula is C15H22N2O3S. The molecule has 1 aliphatic rings. The zero-order valence-corrected chi connectivity index (χ0v) is 12.9. The summed E-state index contributed by atoms with van der Waals surface area (Å²) in [7, 11) is -3.15. The van der Waals surface area contributed by atoms with Gasteiger partial charge < -0.3 is 11.1 Å². The number of amides is 1. The van der Waals surface area contributed by atoms with Crippen LogP contribution in [0.1, 0.15) is 32.1 Å². The minimum absolute atomic E-state index is 0.0101. The smallest absolute Gasteiger partial charge is 0.225 e. The van der Waals surface area contributed by atoms with Crippen molar-refractivity contribution >= 4 is 27.1 Å². The molecule has 0 aliphatic heterocycles. The predicted octanol–water partition coefficient (Wildman–Crippen LogP) is 2.20. The largest absolute Gasteiger partial charge is 0.399 e. The fraction of sp³-hybridized carbons (Fsp3) is 0.533. The molecule has 1 aromatic carbocycles. The summed E-state index contributed by atoms with van der Waals surface area (Å²) < 4.78 is 24.0. The predicted molar refractivity (Wildman–Crippen MR) is 84.7 cm³/mol. The second-order valence-corrected chi connectivity index (χ2v) is 7.92. The quantitative estimate of drug-likeness (QED) is 0.788. The lowest BCUT2D eigenvalue weighted by molar-refractivity contribution is -0.115. The molecule has 1 fully saturated rings. The summed E-state index contributed by atoms with van der Waals surface area (Å²) in [6.45, 7) is 0. The van der Waals surface area contributed by atoms with Gasteiger partial charge in [-0.15, -0.1) is 0 Å². The number of benzene rings is 1. The highest BCUT2D eigenvalue weighted by Crippen LogP contribution is 2.26. The lowest BCUT2D eigenvalue weighted by Gasteiger charge is -2.10. The summed E-state index contributed by atoms with van der Waals surface area (Å²) in [4.78, 5) is 11.8.